The van der Waals surface area contributed by atoms with Crippen LogP contribution in [0.1, 0.15) is 30.0 Å². The molecule has 1 aromatic heterocycles. The van der Waals surface area contributed by atoms with Gasteiger partial charge in [-0.2, -0.15) is 5.10 Å². The molecule has 0 atom stereocenters. The van der Waals surface area contributed by atoms with Crippen molar-refractivity contribution in [2.45, 2.75) is 13.8 Å². The number of nitrogens with one attached hydrogen (secondary N) is 1. The van der Waals surface area contributed by atoms with E-state index in [0.717, 1.165) is 28.8 Å². The number of nitrogens with zero attached hydrogens (tertiary/aromatic N) is 2. The van der Waals surface area contributed by atoms with Crippen molar-refractivity contribution in [3.05, 3.63) is 46.3 Å². The molecule has 1 aromatic carbocycles. The predicted molar refractivity (Wildman–Crippen MR) is 98.0 cm³/mol. The van der Waals surface area contributed by atoms with Gasteiger partial charge in [0.1, 0.15) is 5.75 Å². The average molecular weight is 394 g/mol. The van der Waals surface area contributed by atoms with Crippen LogP contribution in [0.4, 0.5) is 5.69 Å². The van der Waals surface area contributed by atoms with Gasteiger partial charge in [0.25, 0.3) is 0 Å². The highest BCUT2D eigenvalue weighted by atomic mass is 79.9. The molecule has 7 heteroatoms. The third-order valence-corrected chi connectivity index (χ3v) is 4.15. The van der Waals surface area contributed by atoms with Crippen LogP contribution in [0.3, 0.4) is 0 Å². The zero-order valence-electron chi connectivity index (χ0n) is 13.9. The lowest BCUT2D eigenvalue weighted by Gasteiger charge is -2.23. The normalized spacial score (nSPS) is 10.8. The summed E-state index contributed by atoms with van der Waals surface area (Å²) in [5.41, 5.74) is 4.22. The number of hydrogen-bond acceptors (Lipinski definition) is 5. The van der Waals surface area contributed by atoms with Gasteiger partial charge < -0.3 is 14.1 Å². The zero-order chi connectivity index (χ0) is 17.5. The quantitative estimate of drug-likeness (QED) is 0.575. The highest BCUT2D eigenvalue weighted by Gasteiger charge is 2.12. The molecular formula is C17H20BrN3O3. The van der Waals surface area contributed by atoms with E-state index in [-0.39, 0.29) is 5.76 Å². The predicted octanol–water partition coefficient (Wildman–Crippen LogP) is 3.66. The number of carbonyl (C=O) groups excluding carboxylic acids is 1. The molecule has 6 nitrogen and oxygen atoms in total. The Morgan fingerprint density at radius 2 is 2.17 bits per heavy atom. The number of carbonyl (C=O) groups is 1. The van der Waals surface area contributed by atoms with Gasteiger partial charge in [0.05, 0.1) is 25.3 Å². The van der Waals surface area contributed by atoms with E-state index in [1.54, 1.807) is 19.2 Å². The first-order chi connectivity index (χ1) is 11.6. The summed E-state index contributed by atoms with van der Waals surface area (Å²) < 4.78 is 11.4. The minimum atomic E-state index is -0.408. The van der Waals surface area contributed by atoms with E-state index >= 15 is 0 Å². The number of benzene rings is 1. The fourth-order valence-electron chi connectivity index (χ4n) is 2.27. The van der Waals surface area contributed by atoms with Crippen LogP contribution in [0.5, 0.6) is 5.75 Å². The van der Waals surface area contributed by atoms with Crippen molar-refractivity contribution < 1.29 is 13.9 Å². The Balaban J connectivity index is 2.19. The molecule has 1 N–H and O–H groups in total. The highest BCUT2D eigenvalue weighted by molar-refractivity contribution is 9.10. The molecule has 0 aliphatic carbocycles. The van der Waals surface area contributed by atoms with Gasteiger partial charge in [-0.25, -0.2) is 5.43 Å². The van der Waals surface area contributed by atoms with Gasteiger partial charge in [-0.05, 0) is 48.0 Å². The molecule has 128 valence electrons. The number of hydrogen-bond donors (Lipinski definition) is 1. The molecule has 1 heterocycles. The van der Waals surface area contributed by atoms with Crippen LogP contribution in [-0.4, -0.2) is 32.3 Å². The molecule has 1 amide bonds. The van der Waals surface area contributed by atoms with Crippen molar-refractivity contribution in [1.82, 2.24) is 5.43 Å². The van der Waals surface area contributed by atoms with Gasteiger partial charge in [0.2, 0.25) is 0 Å². The summed E-state index contributed by atoms with van der Waals surface area (Å²) in [5.74, 6) is 0.474. The molecule has 0 fully saturated rings. The molecule has 0 aliphatic heterocycles. The number of methoxy groups -OCH3 is 1. The summed E-state index contributed by atoms with van der Waals surface area (Å²) in [6, 6.07) is 7.08. The number of furan rings is 1. The van der Waals surface area contributed by atoms with E-state index in [4.69, 9.17) is 9.15 Å². The van der Waals surface area contributed by atoms with Crippen molar-refractivity contribution in [2.75, 3.05) is 25.1 Å². The second-order valence-corrected chi connectivity index (χ2v) is 5.75. The molecule has 2 rings (SSSR count). The summed E-state index contributed by atoms with van der Waals surface area (Å²) in [6.45, 7) is 5.99. The monoisotopic (exact) mass is 393 g/mol. The van der Waals surface area contributed by atoms with Gasteiger partial charge >= 0.3 is 5.91 Å². The van der Waals surface area contributed by atoms with E-state index < -0.39 is 5.91 Å². The first-order valence-corrected chi connectivity index (χ1v) is 8.39. The minimum Gasteiger partial charge on any atom is -0.496 e. The summed E-state index contributed by atoms with van der Waals surface area (Å²) in [6.07, 6.45) is 2.97. The smallest absolute Gasteiger partial charge is 0.307 e. The SMILES string of the molecule is CCN(CC)c1cc(OC)c(/C=N/NC(=O)c2ccco2)cc1Br. The maximum atomic E-state index is 11.8. The van der Waals surface area contributed by atoms with Gasteiger partial charge in [-0.3, -0.25) is 4.79 Å². The Kier molecular flexibility index (Phi) is 6.43. The van der Waals surface area contributed by atoms with Gasteiger partial charge in [0.15, 0.2) is 5.76 Å². The summed E-state index contributed by atoms with van der Waals surface area (Å²) >= 11 is 3.58. The molecule has 0 spiro atoms. The summed E-state index contributed by atoms with van der Waals surface area (Å²) in [5, 5.41) is 3.96. The first-order valence-electron chi connectivity index (χ1n) is 7.60. The number of rotatable bonds is 7. The van der Waals surface area contributed by atoms with Gasteiger partial charge in [0, 0.05) is 29.2 Å². The number of anilines is 1. The fourth-order valence-corrected chi connectivity index (χ4v) is 2.88. The molecule has 0 aliphatic rings. The van der Waals surface area contributed by atoms with E-state index in [1.165, 1.54) is 12.5 Å². The first kappa shape index (κ1) is 18.1. The second kappa shape index (κ2) is 8.54. The molecule has 2 aromatic rings. The Hall–Kier alpha value is -2.28. The third-order valence-electron chi connectivity index (χ3n) is 3.52. The number of hydrazone groups is 1. The van der Waals surface area contributed by atoms with Crippen LogP contribution < -0.4 is 15.1 Å². The average Bonchev–Trinajstić information content (AvgIpc) is 3.12. The van der Waals surface area contributed by atoms with Crippen LogP contribution >= 0.6 is 15.9 Å². The van der Waals surface area contributed by atoms with Crippen molar-refractivity contribution >= 4 is 33.7 Å². The lowest BCUT2D eigenvalue weighted by Crippen LogP contribution is -2.22. The fraction of sp³-hybridized carbons (Fsp3) is 0.294. The molecule has 0 saturated carbocycles. The molecule has 0 unspecified atom stereocenters. The van der Waals surface area contributed by atoms with E-state index in [1.807, 2.05) is 12.1 Å². The number of halogens is 1. The second-order valence-electron chi connectivity index (χ2n) is 4.89. The van der Waals surface area contributed by atoms with Crippen molar-refractivity contribution in [2.24, 2.45) is 5.10 Å². The summed E-state index contributed by atoms with van der Waals surface area (Å²) in [4.78, 5) is 14.0. The Morgan fingerprint density at radius 3 is 2.75 bits per heavy atom. The standard InChI is InChI=1S/C17H20BrN3O3/c1-4-21(5-2)14-10-16(23-3)12(9-13(14)18)11-19-20-17(22)15-7-6-8-24-15/h6-11H,4-5H2,1-3H3,(H,20,22)/b19-11+. The van der Waals surface area contributed by atoms with Crippen molar-refractivity contribution in [1.29, 1.82) is 0 Å². The van der Waals surface area contributed by atoms with Crippen LogP contribution in [-0.2, 0) is 0 Å². The Bertz CT molecular complexity index is 710. The molecular weight excluding hydrogens is 374 g/mol. The van der Waals surface area contributed by atoms with E-state index in [2.05, 4.69) is 45.2 Å². The Morgan fingerprint density at radius 1 is 1.42 bits per heavy atom. The lowest BCUT2D eigenvalue weighted by molar-refractivity contribution is 0.0927. The zero-order valence-corrected chi connectivity index (χ0v) is 15.5. The Labute approximate surface area is 149 Å². The van der Waals surface area contributed by atoms with Crippen molar-refractivity contribution in [3.63, 3.8) is 0 Å². The van der Waals surface area contributed by atoms with Crippen molar-refractivity contribution in [3.8, 4) is 5.75 Å². The molecule has 0 radical (unpaired) electrons. The van der Waals surface area contributed by atoms with Gasteiger partial charge in [-0.15, -0.1) is 0 Å². The maximum absolute atomic E-state index is 11.8. The third kappa shape index (κ3) is 4.17. The molecule has 0 bridgehead atoms. The van der Waals surface area contributed by atoms with E-state index in [0.29, 0.717) is 5.75 Å². The van der Waals surface area contributed by atoms with E-state index in [9.17, 15) is 4.79 Å². The topological polar surface area (TPSA) is 67.1 Å². The van der Waals surface area contributed by atoms with Crippen LogP contribution in [0.15, 0.2) is 44.5 Å². The van der Waals surface area contributed by atoms with Crippen LogP contribution in [0, 0.1) is 0 Å². The molecule has 0 saturated heterocycles. The highest BCUT2D eigenvalue weighted by Crippen LogP contribution is 2.33. The maximum Gasteiger partial charge on any atom is 0.307 e. The lowest BCUT2D eigenvalue weighted by atomic mass is 10.2. The number of amides is 1. The van der Waals surface area contributed by atoms with Gasteiger partial charge in [-0.1, -0.05) is 0 Å². The van der Waals surface area contributed by atoms with Crippen LogP contribution in [0.25, 0.3) is 0 Å². The summed E-state index contributed by atoms with van der Waals surface area (Å²) in [7, 11) is 1.61. The number of ether oxygens (including phenoxy) is 1. The van der Waals surface area contributed by atoms with Crippen LogP contribution in [0.2, 0.25) is 0 Å². The minimum absolute atomic E-state index is 0.206. The largest absolute Gasteiger partial charge is 0.496 e. The molecule has 24 heavy (non-hydrogen) atoms.